The molecule has 0 amide bonds. The fourth-order valence-electron chi connectivity index (χ4n) is 3.74. The number of rotatable bonds is 2. The molecule has 0 fully saturated rings. The van der Waals surface area contributed by atoms with Crippen LogP contribution in [-0.4, -0.2) is 23.1 Å². The molecule has 2 aromatic carbocycles. The third-order valence-electron chi connectivity index (χ3n) is 5.10. The molecular weight excluding hydrogens is 389 g/mol. The molecule has 6 heteroatoms. The summed E-state index contributed by atoms with van der Waals surface area (Å²) in [5.74, 6) is -1.85. The second-order valence-electron chi connectivity index (χ2n) is 7.00. The van der Waals surface area contributed by atoms with Crippen molar-refractivity contribution in [3.8, 4) is 0 Å². The molecule has 27 heavy (non-hydrogen) atoms. The van der Waals surface area contributed by atoms with Crippen LogP contribution in [0.4, 0.5) is 8.78 Å². The van der Waals surface area contributed by atoms with Crippen LogP contribution in [0.1, 0.15) is 23.7 Å². The summed E-state index contributed by atoms with van der Waals surface area (Å²) in [4.78, 5) is 2.27. The Labute approximate surface area is 166 Å². The predicted molar refractivity (Wildman–Crippen MR) is 108 cm³/mol. The van der Waals surface area contributed by atoms with Gasteiger partial charge in [-0.3, -0.25) is 0 Å². The first-order chi connectivity index (χ1) is 12.8. The van der Waals surface area contributed by atoms with Gasteiger partial charge in [0.05, 0.1) is 10.5 Å². The molecule has 0 N–H and O–H groups in total. The lowest BCUT2D eigenvalue weighted by Crippen LogP contribution is -2.26. The highest BCUT2D eigenvalue weighted by molar-refractivity contribution is 6.32. The smallest absolute Gasteiger partial charge is 0.160 e. The normalized spacial score (nSPS) is 15.4. The number of halogens is 4. The first-order valence-electron chi connectivity index (χ1n) is 8.68. The van der Waals surface area contributed by atoms with E-state index in [1.165, 1.54) is 11.3 Å². The van der Waals surface area contributed by atoms with Gasteiger partial charge in [0.1, 0.15) is 0 Å². The van der Waals surface area contributed by atoms with E-state index < -0.39 is 11.6 Å². The molecule has 1 aliphatic heterocycles. The Kier molecular flexibility index (Phi) is 4.75. The van der Waals surface area contributed by atoms with Gasteiger partial charge >= 0.3 is 0 Å². The molecule has 0 spiro atoms. The molecule has 0 bridgehead atoms. The van der Waals surface area contributed by atoms with Crippen LogP contribution in [0.2, 0.25) is 10.0 Å². The van der Waals surface area contributed by atoms with E-state index >= 15 is 0 Å². The van der Waals surface area contributed by atoms with Gasteiger partial charge in [-0.1, -0.05) is 23.2 Å². The fraction of sp³-hybridized carbons (Fsp3) is 0.238. The Morgan fingerprint density at radius 3 is 2.63 bits per heavy atom. The number of aromatic nitrogens is 1. The zero-order chi connectivity index (χ0) is 19.3. The van der Waals surface area contributed by atoms with Crippen LogP contribution in [0.15, 0.2) is 30.3 Å². The molecule has 0 saturated heterocycles. The van der Waals surface area contributed by atoms with E-state index in [0.717, 1.165) is 48.1 Å². The average molecular weight is 407 g/mol. The lowest BCUT2D eigenvalue weighted by atomic mass is 10.0. The summed E-state index contributed by atoms with van der Waals surface area (Å²) in [5, 5.41) is 2.00. The second kappa shape index (κ2) is 6.93. The van der Waals surface area contributed by atoms with Crippen LogP contribution in [0.5, 0.6) is 0 Å². The molecule has 1 aliphatic rings. The summed E-state index contributed by atoms with van der Waals surface area (Å²) in [6.45, 7) is 3.65. The van der Waals surface area contributed by atoms with Gasteiger partial charge in [0.2, 0.25) is 0 Å². The van der Waals surface area contributed by atoms with Crippen LogP contribution in [0, 0.1) is 11.6 Å². The highest BCUT2D eigenvalue weighted by Gasteiger charge is 2.22. The van der Waals surface area contributed by atoms with Crippen molar-refractivity contribution in [3.63, 3.8) is 0 Å². The Morgan fingerprint density at radius 2 is 1.85 bits per heavy atom. The van der Waals surface area contributed by atoms with E-state index in [4.69, 9.17) is 23.2 Å². The van der Waals surface area contributed by atoms with E-state index in [-0.39, 0.29) is 5.02 Å². The molecular formula is C21H18Cl2F2N2. The van der Waals surface area contributed by atoms with Crippen molar-refractivity contribution >= 4 is 45.9 Å². The van der Waals surface area contributed by atoms with Crippen molar-refractivity contribution in [1.29, 1.82) is 0 Å². The number of likely N-dealkylation sites (N-methyl/N-ethyl adjacent to an activating group) is 1. The number of nitrogens with zero attached hydrogens (tertiary/aromatic N) is 2. The van der Waals surface area contributed by atoms with E-state index in [1.54, 1.807) is 0 Å². The van der Waals surface area contributed by atoms with E-state index in [1.807, 2.05) is 31.3 Å². The summed E-state index contributed by atoms with van der Waals surface area (Å²) < 4.78 is 29.3. The van der Waals surface area contributed by atoms with Crippen LogP contribution >= 0.6 is 23.2 Å². The van der Waals surface area contributed by atoms with Crippen molar-refractivity contribution in [2.45, 2.75) is 19.9 Å². The Morgan fingerprint density at radius 1 is 1.11 bits per heavy atom. The molecule has 0 aliphatic carbocycles. The maximum absolute atomic E-state index is 13.7. The van der Waals surface area contributed by atoms with E-state index in [2.05, 4.69) is 16.5 Å². The minimum atomic E-state index is -0.946. The molecule has 0 unspecified atom stereocenters. The zero-order valence-corrected chi connectivity index (χ0v) is 16.5. The average Bonchev–Trinajstić information content (AvgIpc) is 2.90. The van der Waals surface area contributed by atoms with Crippen LogP contribution in [0.25, 0.3) is 22.7 Å². The highest BCUT2D eigenvalue weighted by atomic mass is 35.5. The van der Waals surface area contributed by atoms with E-state index in [0.29, 0.717) is 10.6 Å². The van der Waals surface area contributed by atoms with Gasteiger partial charge in [-0.15, -0.1) is 0 Å². The van der Waals surface area contributed by atoms with Crippen molar-refractivity contribution in [1.82, 2.24) is 9.47 Å². The van der Waals surface area contributed by atoms with E-state index in [9.17, 15) is 8.78 Å². The number of allylic oxidation sites excluding steroid dienone is 1. The Hall–Kier alpha value is -1.88. The minimum Gasteiger partial charge on any atom is -0.320 e. The van der Waals surface area contributed by atoms with Gasteiger partial charge in [0, 0.05) is 47.4 Å². The number of hydrogen-bond acceptors (Lipinski definition) is 1. The third-order valence-corrected chi connectivity index (χ3v) is 5.65. The maximum Gasteiger partial charge on any atom is 0.160 e. The van der Waals surface area contributed by atoms with Gasteiger partial charge in [0.25, 0.3) is 0 Å². The molecule has 0 radical (unpaired) electrons. The van der Waals surface area contributed by atoms with Crippen molar-refractivity contribution in [2.75, 3.05) is 13.6 Å². The van der Waals surface area contributed by atoms with Gasteiger partial charge in [0.15, 0.2) is 11.6 Å². The fourth-order valence-corrected chi connectivity index (χ4v) is 4.21. The number of hydrogen-bond donors (Lipinski definition) is 0. The molecule has 1 aromatic heterocycles. The molecule has 4 rings (SSSR count). The molecule has 2 heterocycles. The van der Waals surface area contributed by atoms with Crippen LogP contribution in [0.3, 0.4) is 0 Å². The topological polar surface area (TPSA) is 8.17 Å². The molecule has 2 nitrogen and oxygen atoms in total. The number of fused-ring (bicyclic) bond motifs is 3. The summed E-state index contributed by atoms with van der Waals surface area (Å²) in [6, 6.07) is 8.00. The summed E-state index contributed by atoms with van der Waals surface area (Å²) >= 11 is 12.4. The van der Waals surface area contributed by atoms with Gasteiger partial charge in [-0.2, -0.15) is 0 Å². The van der Waals surface area contributed by atoms with Crippen molar-refractivity contribution < 1.29 is 8.78 Å². The second-order valence-corrected chi connectivity index (χ2v) is 7.85. The zero-order valence-electron chi connectivity index (χ0n) is 15.0. The lowest BCUT2D eigenvalue weighted by Gasteiger charge is -2.23. The van der Waals surface area contributed by atoms with Crippen LogP contribution < -0.4 is 0 Å². The van der Waals surface area contributed by atoms with Gasteiger partial charge in [-0.05, 0) is 55.4 Å². The predicted octanol–water partition coefficient (Wildman–Crippen LogP) is 6.23. The summed E-state index contributed by atoms with van der Waals surface area (Å²) in [5.41, 5.74) is 4.74. The Bertz CT molecular complexity index is 1090. The molecule has 0 saturated carbocycles. The summed E-state index contributed by atoms with van der Waals surface area (Å²) in [6.07, 6.45) is 2.84. The third kappa shape index (κ3) is 3.27. The highest BCUT2D eigenvalue weighted by Crippen LogP contribution is 2.34. The lowest BCUT2D eigenvalue weighted by molar-refractivity contribution is 0.312. The number of benzene rings is 2. The standard InChI is InChI=1S/C21H18Cl2F2N2/c1-12(14-8-18(24)19(25)9-17(14)23)10-27-20-4-3-13(22)7-15(20)16-11-26(2)6-5-21(16)27/h3-4,7-10H,5-6,11H2,1-2H3/b12-10+. The SMILES string of the molecule is C/C(=C\n1c2c(c3cc(Cl)ccc31)CN(C)CC2)c1cc(F)c(F)cc1Cl. The largest absolute Gasteiger partial charge is 0.320 e. The maximum atomic E-state index is 13.7. The molecule has 3 aromatic rings. The molecule has 140 valence electrons. The van der Waals surface area contributed by atoms with Gasteiger partial charge in [-0.25, -0.2) is 8.78 Å². The first kappa shape index (κ1) is 18.5. The quantitative estimate of drug-likeness (QED) is 0.457. The first-order valence-corrected chi connectivity index (χ1v) is 9.44. The van der Waals surface area contributed by atoms with Crippen LogP contribution in [-0.2, 0) is 13.0 Å². The monoisotopic (exact) mass is 406 g/mol. The Balaban J connectivity index is 1.92. The van der Waals surface area contributed by atoms with Gasteiger partial charge < -0.3 is 9.47 Å². The van der Waals surface area contributed by atoms with Crippen molar-refractivity contribution in [3.05, 3.63) is 68.8 Å². The van der Waals surface area contributed by atoms with Crippen molar-refractivity contribution in [2.24, 2.45) is 0 Å². The molecule has 0 atom stereocenters. The minimum absolute atomic E-state index is 0.191. The summed E-state index contributed by atoms with van der Waals surface area (Å²) in [7, 11) is 2.10.